The van der Waals surface area contributed by atoms with Gasteiger partial charge in [-0.1, -0.05) is 24.3 Å². The Hall–Kier alpha value is -6.05. The molecule has 13 nitrogen and oxygen atoms in total. The van der Waals surface area contributed by atoms with Crippen molar-refractivity contribution >= 4 is 45.2 Å². The number of halogens is 1. The highest BCUT2D eigenvalue weighted by molar-refractivity contribution is 6.07. The van der Waals surface area contributed by atoms with Crippen LogP contribution in [0.1, 0.15) is 16.9 Å². The largest absolute Gasteiger partial charge is 0.364 e. The second-order valence-electron chi connectivity index (χ2n) is 10.6. The van der Waals surface area contributed by atoms with Crippen LogP contribution in [0.4, 0.5) is 10.1 Å². The number of carbonyl (C=O) groups is 3. The maximum atomic E-state index is 14.7. The number of H-pyrrole nitrogens is 1. The summed E-state index contributed by atoms with van der Waals surface area (Å²) in [5.74, 6) is -1.84. The second kappa shape index (κ2) is 11.2. The van der Waals surface area contributed by atoms with Crippen molar-refractivity contribution in [3.05, 3.63) is 84.9 Å². The van der Waals surface area contributed by atoms with E-state index in [0.29, 0.717) is 33.5 Å². The molecule has 1 fully saturated rings. The van der Waals surface area contributed by atoms with Crippen molar-refractivity contribution in [2.24, 2.45) is 5.73 Å². The first-order valence-electron chi connectivity index (χ1n) is 14.1. The Bertz CT molecular complexity index is 2080. The number of hydrogen-bond donors (Lipinski definition) is 3. The van der Waals surface area contributed by atoms with Crippen LogP contribution in [-0.2, 0) is 16.1 Å². The lowest BCUT2D eigenvalue weighted by Crippen LogP contribution is -2.44. The maximum absolute atomic E-state index is 14.7. The predicted octanol–water partition coefficient (Wildman–Crippen LogP) is 3.11. The summed E-state index contributed by atoms with van der Waals surface area (Å²) in [6.45, 7) is -0.587. The average Bonchev–Trinajstić information content (AvgIpc) is 3.77. The molecule has 4 aromatic heterocycles. The van der Waals surface area contributed by atoms with Crippen LogP contribution >= 0.6 is 0 Å². The van der Waals surface area contributed by atoms with Crippen LogP contribution in [0, 0.1) is 0 Å². The fourth-order valence-electron chi connectivity index (χ4n) is 5.71. The topological polar surface area (TPSA) is 178 Å². The fourth-order valence-corrected chi connectivity index (χ4v) is 5.71. The number of nitrogens with two attached hydrogens (primary N) is 1. The molecule has 0 saturated carbocycles. The van der Waals surface area contributed by atoms with E-state index in [1.165, 1.54) is 9.58 Å². The summed E-state index contributed by atoms with van der Waals surface area (Å²) in [5, 5.41) is 23.4. The van der Waals surface area contributed by atoms with Crippen LogP contribution in [0.25, 0.3) is 44.3 Å². The van der Waals surface area contributed by atoms with Gasteiger partial charge in [0, 0.05) is 29.0 Å². The predicted molar refractivity (Wildman–Crippen MR) is 162 cm³/mol. The molecule has 2 atom stereocenters. The van der Waals surface area contributed by atoms with Crippen molar-refractivity contribution in [3.63, 3.8) is 0 Å². The molecule has 1 aliphatic rings. The first kappa shape index (κ1) is 27.8. The molecule has 5 heterocycles. The molecule has 0 radical (unpaired) electrons. The number of anilines is 1. The first-order valence-corrected chi connectivity index (χ1v) is 14.1. The van der Waals surface area contributed by atoms with Crippen LogP contribution in [0.2, 0.25) is 0 Å². The van der Waals surface area contributed by atoms with Crippen LogP contribution in [0.3, 0.4) is 0 Å². The third kappa shape index (κ3) is 5.11. The van der Waals surface area contributed by atoms with Gasteiger partial charge < -0.3 is 16.0 Å². The molecule has 0 aliphatic carbocycles. The third-order valence-electron chi connectivity index (χ3n) is 7.82. The summed E-state index contributed by atoms with van der Waals surface area (Å²) in [5.41, 5.74) is 9.89. The zero-order valence-corrected chi connectivity index (χ0v) is 23.6. The SMILES string of the molecule is NC(=O)c1nn(CC(=O)N2CC(F)CC2C(=O)Nc2cccc3c(-c4ccccn4)n[nH]c23)c2ccc(-c3ccnnc3)cc12. The number of aromatic amines is 1. The van der Waals surface area contributed by atoms with Crippen LogP contribution in [0.5, 0.6) is 0 Å². The van der Waals surface area contributed by atoms with Gasteiger partial charge in [-0.05, 0) is 42.0 Å². The number of nitrogens with one attached hydrogen (secondary N) is 2. The third-order valence-corrected chi connectivity index (χ3v) is 7.82. The summed E-state index contributed by atoms with van der Waals surface area (Å²) >= 11 is 0. The summed E-state index contributed by atoms with van der Waals surface area (Å²) in [7, 11) is 0. The second-order valence-corrected chi connectivity index (χ2v) is 10.6. The van der Waals surface area contributed by atoms with E-state index in [-0.39, 0.29) is 25.2 Å². The Morgan fingerprint density at radius 3 is 2.67 bits per heavy atom. The average molecular weight is 605 g/mol. The normalized spacial score (nSPS) is 16.3. The first-order chi connectivity index (χ1) is 21.9. The lowest BCUT2D eigenvalue weighted by atomic mass is 10.0. The molecule has 1 saturated heterocycles. The Kier molecular flexibility index (Phi) is 6.92. The number of carbonyl (C=O) groups excluding carboxylic acids is 3. The maximum Gasteiger partial charge on any atom is 0.269 e. The van der Waals surface area contributed by atoms with Crippen molar-refractivity contribution < 1.29 is 18.8 Å². The van der Waals surface area contributed by atoms with E-state index in [1.807, 2.05) is 18.2 Å². The number of primary amides is 1. The quantitative estimate of drug-likeness (QED) is 0.249. The molecule has 14 heteroatoms. The van der Waals surface area contributed by atoms with Gasteiger partial charge in [0.25, 0.3) is 5.91 Å². The molecule has 2 unspecified atom stereocenters. The van der Waals surface area contributed by atoms with Gasteiger partial charge in [0.15, 0.2) is 5.69 Å². The fraction of sp³-hybridized carbons (Fsp3) is 0.161. The molecule has 4 N–H and O–H groups in total. The van der Waals surface area contributed by atoms with E-state index < -0.39 is 29.9 Å². The Morgan fingerprint density at radius 1 is 1.00 bits per heavy atom. The van der Waals surface area contributed by atoms with Gasteiger partial charge in [-0.2, -0.15) is 20.4 Å². The van der Waals surface area contributed by atoms with Crippen molar-refractivity contribution in [2.45, 2.75) is 25.2 Å². The number of pyridine rings is 1. The van der Waals surface area contributed by atoms with Gasteiger partial charge in [-0.3, -0.25) is 29.1 Å². The highest BCUT2D eigenvalue weighted by Gasteiger charge is 2.40. The number of hydrogen-bond acceptors (Lipinski definition) is 8. The van der Waals surface area contributed by atoms with E-state index in [0.717, 1.165) is 16.5 Å². The number of alkyl halides is 1. The minimum Gasteiger partial charge on any atom is -0.364 e. The lowest BCUT2D eigenvalue weighted by molar-refractivity contribution is -0.137. The molecule has 7 rings (SSSR count). The number of amides is 3. The minimum atomic E-state index is -1.39. The van der Waals surface area contributed by atoms with Crippen LogP contribution < -0.4 is 11.1 Å². The van der Waals surface area contributed by atoms with Gasteiger partial charge in [0.05, 0.1) is 41.4 Å². The van der Waals surface area contributed by atoms with Crippen molar-refractivity contribution in [2.75, 3.05) is 11.9 Å². The monoisotopic (exact) mass is 604 g/mol. The van der Waals surface area contributed by atoms with Crippen molar-refractivity contribution in [3.8, 4) is 22.5 Å². The number of nitrogens with zero attached hydrogens (tertiary/aromatic N) is 7. The van der Waals surface area contributed by atoms with Gasteiger partial charge in [-0.25, -0.2) is 4.39 Å². The number of rotatable bonds is 7. The molecule has 6 aromatic rings. The number of benzene rings is 2. The van der Waals surface area contributed by atoms with Crippen molar-refractivity contribution in [1.29, 1.82) is 0 Å². The number of fused-ring (bicyclic) bond motifs is 2. The highest BCUT2D eigenvalue weighted by Crippen LogP contribution is 2.31. The Labute approximate surface area is 254 Å². The van der Waals surface area contributed by atoms with E-state index in [1.54, 1.807) is 61.1 Å². The summed E-state index contributed by atoms with van der Waals surface area (Å²) in [4.78, 5) is 44.9. The van der Waals surface area contributed by atoms with Crippen LogP contribution in [-0.4, -0.2) is 76.5 Å². The standard InChI is InChI=1S/C31H25FN10O3/c32-19-13-25(31(45)37-23-6-3-4-20-27(38-39-28(20)23)22-5-1-2-10-34-22)41(15-19)26(43)16-42-24-8-7-17(18-9-11-35-36-14-18)12-21(24)29(40-42)30(33)44/h1-12,14,19,25H,13,15-16H2,(H2,33,44)(H,37,45)(H,38,39). The lowest BCUT2D eigenvalue weighted by Gasteiger charge is -2.24. The van der Waals surface area contributed by atoms with Gasteiger partial charge in [-0.15, -0.1) is 0 Å². The van der Waals surface area contributed by atoms with Gasteiger partial charge in [0.2, 0.25) is 11.8 Å². The molecule has 2 aromatic carbocycles. The van der Waals surface area contributed by atoms with Crippen molar-refractivity contribution in [1.82, 2.24) is 40.1 Å². The zero-order valence-electron chi connectivity index (χ0n) is 23.6. The molecular weight excluding hydrogens is 579 g/mol. The summed E-state index contributed by atoms with van der Waals surface area (Å²) < 4.78 is 16.1. The highest BCUT2D eigenvalue weighted by atomic mass is 19.1. The van der Waals surface area contributed by atoms with Gasteiger partial charge in [0.1, 0.15) is 24.5 Å². The number of aromatic nitrogens is 7. The molecular formula is C31H25FN10O3. The van der Waals surface area contributed by atoms with Gasteiger partial charge >= 0.3 is 0 Å². The molecule has 1 aliphatic heterocycles. The number of likely N-dealkylation sites (tertiary alicyclic amines) is 1. The Balaban J connectivity index is 1.14. The molecule has 0 spiro atoms. The summed E-state index contributed by atoms with van der Waals surface area (Å²) in [6, 6.07) is 16.8. The van der Waals surface area contributed by atoms with E-state index >= 15 is 0 Å². The smallest absolute Gasteiger partial charge is 0.269 e. The van der Waals surface area contributed by atoms with E-state index in [2.05, 4.69) is 35.8 Å². The molecule has 45 heavy (non-hydrogen) atoms. The summed E-state index contributed by atoms with van der Waals surface area (Å²) in [6.07, 6.45) is 3.24. The Morgan fingerprint density at radius 2 is 1.89 bits per heavy atom. The molecule has 224 valence electrons. The zero-order chi connectivity index (χ0) is 31.1. The van der Waals surface area contributed by atoms with Crippen LogP contribution in [0.15, 0.2) is 79.3 Å². The van der Waals surface area contributed by atoms with E-state index in [4.69, 9.17) is 5.73 Å². The minimum absolute atomic E-state index is 0.0153. The van der Waals surface area contributed by atoms with E-state index in [9.17, 15) is 18.8 Å². The molecule has 0 bridgehead atoms. The molecule has 3 amide bonds. The number of para-hydroxylation sites is 1.